The van der Waals surface area contributed by atoms with Crippen molar-refractivity contribution in [1.29, 1.82) is 5.26 Å². The lowest BCUT2D eigenvalue weighted by Gasteiger charge is -2.12. The Morgan fingerprint density at radius 2 is 2.33 bits per heavy atom. The van der Waals surface area contributed by atoms with Crippen molar-refractivity contribution in [2.45, 2.75) is 45.1 Å². The Kier molecular flexibility index (Phi) is 4.10. The monoisotopic (exact) mass is 166 g/mol. The van der Waals surface area contributed by atoms with Crippen molar-refractivity contribution in [1.82, 2.24) is 5.32 Å². The third kappa shape index (κ3) is 3.73. The van der Waals surface area contributed by atoms with Gasteiger partial charge in [0.15, 0.2) is 0 Å². The second-order valence-corrected chi connectivity index (χ2v) is 3.65. The Labute approximate surface area is 75.0 Å². The van der Waals surface area contributed by atoms with Crippen LogP contribution in [-0.2, 0) is 0 Å². The first-order chi connectivity index (χ1) is 5.86. The van der Waals surface area contributed by atoms with E-state index in [9.17, 15) is 0 Å². The predicted octanol–water partition coefficient (Wildman–Crippen LogP) is 2.07. The molecule has 0 spiro atoms. The summed E-state index contributed by atoms with van der Waals surface area (Å²) in [5.41, 5.74) is 0. The number of nitrogens with one attached hydrogen (secondary N) is 1. The molecule has 1 saturated carbocycles. The van der Waals surface area contributed by atoms with E-state index in [-0.39, 0.29) is 0 Å². The molecule has 68 valence electrons. The topological polar surface area (TPSA) is 35.8 Å². The summed E-state index contributed by atoms with van der Waals surface area (Å²) in [5, 5.41) is 11.9. The van der Waals surface area contributed by atoms with Gasteiger partial charge < -0.3 is 5.32 Å². The van der Waals surface area contributed by atoms with E-state index in [1.807, 2.05) is 0 Å². The van der Waals surface area contributed by atoms with Crippen molar-refractivity contribution >= 4 is 0 Å². The summed E-state index contributed by atoms with van der Waals surface area (Å²) in [6, 6.07) is 2.63. The number of rotatable bonds is 6. The molecule has 12 heavy (non-hydrogen) atoms. The molecule has 0 radical (unpaired) electrons. The van der Waals surface area contributed by atoms with Gasteiger partial charge in [0.05, 0.1) is 12.5 Å². The zero-order chi connectivity index (χ0) is 8.81. The Morgan fingerprint density at radius 3 is 2.83 bits per heavy atom. The Bertz CT molecular complexity index is 156. The SMILES string of the molecule is CCC(CC#N)NCCC1CC1. The van der Waals surface area contributed by atoms with E-state index in [1.165, 1.54) is 19.3 Å². The molecule has 1 atom stereocenters. The molecule has 0 aliphatic heterocycles. The quantitative estimate of drug-likeness (QED) is 0.655. The number of hydrogen-bond acceptors (Lipinski definition) is 2. The van der Waals surface area contributed by atoms with Gasteiger partial charge in [-0.3, -0.25) is 0 Å². The van der Waals surface area contributed by atoms with Gasteiger partial charge in [0.1, 0.15) is 0 Å². The van der Waals surface area contributed by atoms with Crippen LogP contribution in [0.4, 0.5) is 0 Å². The Hall–Kier alpha value is -0.550. The highest BCUT2D eigenvalue weighted by atomic mass is 14.9. The van der Waals surface area contributed by atoms with Crippen LogP contribution in [-0.4, -0.2) is 12.6 Å². The maximum Gasteiger partial charge on any atom is 0.0638 e. The summed E-state index contributed by atoms with van der Waals surface area (Å²) >= 11 is 0. The first kappa shape index (κ1) is 9.54. The van der Waals surface area contributed by atoms with Crippen LogP contribution in [0.3, 0.4) is 0 Å². The predicted molar refractivity (Wildman–Crippen MR) is 49.7 cm³/mol. The summed E-state index contributed by atoms with van der Waals surface area (Å²) in [5.74, 6) is 0.997. The second kappa shape index (κ2) is 5.16. The zero-order valence-electron chi connectivity index (χ0n) is 7.84. The van der Waals surface area contributed by atoms with Crippen LogP contribution < -0.4 is 5.32 Å². The average Bonchev–Trinajstić information content (AvgIpc) is 2.87. The minimum Gasteiger partial charge on any atom is -0.313 e. The molecular weight excluding hydrogens is 148 g/mol. The largest absolute Gasteiger partial charge is 0.313 e. The zero-order valence-corrected chi connectivity index (χ0v) is 7.84. The molecule has 0 bridgehead atoms. The third-order valence-electron chi connectivity index (χ3n) is 2.51. The van der Waals surface area contributed by atoms with Crippen molar-refractivity contribution in [3.8, 4) is 6.07 Å². The molecule has 1 N–H and O–H groups in total. The van der Waals surface area contributed by atoms with Crippen LogP contribution in [0, 0.1) is 17.2 Å². The Balaban J connectivity index is 1.97. The lowest BCUT2D eigenvalue weighted by Crippen LogP contribution is -2.29. The Morgan fingerprint density at radius 1 is 1.58 bits per heavy atom. The van der Waals surface area contributed by atoms with E-state index in [2.05, 4.69) is 18.3 Å². The van der Waals surface area contributed by atoms with Crippen molar-refractivity contribution in [3.05, 3.63) is 0 Å². The molecule has 0 aromatic carbocycles. The van der Waals surface area contributed by atoms with Crippen molar-refractivity contribution in [2.24, 2.45) is 5.92 Å². The normalized spacial score (nSPS) is 18.7. The summed E-state index contributed by atoms with van der Waals surface area (Å²) in [7, 11) is 0. The van der Waals surface area contributed by atoms with Gasteiger partial charge in [-0.2, -0.15) is 5.26 Å². The van der Waals surface area contributed by atoms with Crippen LogP contribution >= 0.6 is 0 Å². The fourth-order valence-electron chi connectivity index (χ4n) is 1.37. The standard InChI is InChI=1S/C10H18N2/c1-2-10(5-7-11)12-8-6-9-3-4-9/h9-10,12H,2-6,8H2,1H3. The molecule has 1 rings (SSSR count). The molecule has 1 aliphatic carbocycles. The van der Waals surface area contributed by atoms with Crippen molar-refractivity contribution < 1.29 is 0 Å². The lowest BCUT2D eigenvalue weighted by molar-refractivity contribution is 0.487. The molecule has 1 aliphatic rings. The van der Waals surface area contributed by atoms with E-state index in [0.717, 1.165) is 18.9 Å². The van der Waals surface area contributed by atoms with Gasteiger partial charge in [0, 0.05) is 6.04 Å². The number of nitrogens with zero attached hydrogens (tertiary/aromatic N) is 1. The van der Waals surface area contributed by atoms with E-state index >= 15 is 0 Å². The molecule has 2 nitrogen and oxygen atoms in total. The molecule has 2 heteroatoms. The molecule has 1 fully saturated rings. The van der Waals surface area contributed by atoms with E-state index in [0.29, 0.717) is 12.5 Å². The third-order valence-corrected chi connectivity index (χ3v) is 2.51. The van der Waals surface area contributed by atoms with Gasteiger partial charge in [-0.05, 0) is 25.3 Å². The van der Waals surface area contributed by atoms with Crippen LogP contribution in [0.2, 0.25) is 0 Å². The highest BCUT2D eigenvalue weighted by Gasteiger charge is 2.20. The minimum absolute atomic E-state index is 0.425. The minimum atomic E-state index is 0.425. The summed E-state index contributed by atoms with van der Waals surface area (Å²) in [6.45, 7) is 3.23. The molecular formula is C10H18N2. The van der Waals surface area contributed by atoms with Crippen LogP contribution in [0.5, 0.6) is 0 Å². The highest BCUT2D eigenvalue weighted by Crippen LogP contribution is 2.31. The van der Waals surface area contributed by atoms with Gasteiger partial charge in [0.2, 0.25) is 0 Å². The second-order valence-electron chi connectivity index (χ2n) is 3.65. The first-order valence-corrected chi connectivity index (χ1v) is 4.97. The molecule has 1 unspecified atom stereocenters. The van der Waals surface area contributed by atoms with Crippen molar-refractivity contribution in [3.63, 3.8) is 0 Å². The smallest absolute Gasteiger partial charge is 0.0638 e. The number of hydrogen-bond donors (Lipinski definition) is 1. The van der Waals surface area contributed by atoms with Crippen LogP contribution in [0.25, 0.3) is 0 Å². The lowest BCUT2D eigenvalue weighted by atomic mass is 10.1. The van der Waals surface area contributed by atoms with Gasteiger partial charge in [0.25, 0.3) is 0 Å². The molecule has 0 aromatic heterocycles. The summed E-state index contributed by atoms with van der Waals surface area (Å²) < 4.78 is 0. The highest BCUT2D eigenvalue weighted by molar-refractivity contribution is 4.81. The van der Waals surface area contributed by atoms with Gasteiger partial charge in [-0.25, -0.2) is 0 Å². The number of nitriles is 1. The first-order valence-electron chi connectivity index (χ1n) is 4.97. The van der Waals surface area contributed by atoms with Gasteiger partial charge in [-0.15, -0.1) is 0 Å². The van der Waals surface area contributed by atoms with Crippen LogP contribution in [0.1, 0.15) is 39.0 Å². The van der Waals surface area contributed by atoms with Crippen molar-refractivity contribution in [2.75, 3.05) is 6.54 Å². The fraction of sp³-hybridized carbons (Fsp3) is 0.900. The van der Waals surface area contributed by atoms with E-state index < -0.39 is 0 Å². The van der Waals surface area contributed by atoms with Gasteiger partial charge in [-0.1, -0.05) is 19.8 Å². The van der Waals surface area contributed by atoms with Crippen LogP contribution in [0.15, 0.2) is 0 Å². The molecule has 0 heterocycles. The van der Waals surface area contributed by atoms with Gasteiger partial charge >= 0.3 is 0 Å². The maximum atomic E-state index is 8.50. The molecule has 0 amide bonds. The fourth-order valence-corrected chi connectivity index (χ4v) is 1.37. The molecule has 0 aromatic rings. The maximum absolute atomic E-state index is 8.50. The van der Waals surface area contributed by atoms with E-state index in [1.54, 1.807) is 0 Å². The van der Waals surface area contributed by atoms with E-state index in [4.69, 9.17) is 5.26 Å². The molecule has 0 saturated heterocycles. The summed E-state index contributed by atoms with van der Waals surface area (Å²) in [4.78, 5) is 0. The summed E-state index contributed by atoms with van der Waals surface area (Å²) in [6.07, 6.45) is 5.88. The average molecular weight is 166 g/mol.